The molecule has 0 unspecified atom stereocenters. The molecule has 2 aliphatic carbocycles. The predicted molar refractivity (Wildman–Crippen MR) is 62.9 cm³/mol. The van der Waals surface area contributed by atoms with Gasteiger partial charge in [-0.3, -0.25) is 4.79 Å². The van der Waals surface area contributed by atoms with Crippen LogP contribution in [0.2, 0.25) is 0 Å². The molecular formula is C13H21NO2. The van der Waals surface area contributed by atoms with E-state index in [0.29, 0.717) is 5.92 Å². The Morgan fingerprint density at radius 3 is 2.56 bits per heavy atom. The Morgan fingerprint density at radius 2 is 1.94 bits per heavy atom. The summed E-state index contributed by atoms with van der Waals surface area (Å²) in [5, 5.41) is 12.7. The predicted octanol–water partition coefficient (Wildman–Crippen LogP) is 1.76. The summed E-state index contributed by atoms with van der Waals surface area (Å²) in [6.07, 6.45) is 7.70. The fraction of sp³-hybridized carbons (Fsp3) is 0.769. The van der Waals surface area contributed by atoms with Crippen LogP contribution in [0.25, 0.3) is 0 Å². The Balaban J connectivity index is 1.83. The van der Waals surface area contributed by atoms with Crippen LogP contribution in [0.4, 0.5) is 0 Å². The smallest absolute Gasteiger partial charge is 0.244 e. The van der Waals surface area contributed by atoms with E-state index < -0.39 is 0 Å². The van der Waals surface area contributed by atoms with Gasteiger partial charge in [0.25, 0.3) is 0 Å². The van der Waals surface area contributed by atoms with E-state index in [9.17, 15) is 9.90 Å². The van der Waals surface area contributed by atoms with Crippen molar-refractivity contribution in [3.8, 4) is 0 Å². The first kappa shape index (κ1) is 11.6. The standard InChI is InChI=1S/C13H21NO2/c1-9(10-6-7-10)8-13(16)14-11-4-2-3-5-12(11)15/h8,10-12,15H,2-7H2,1H3,(H,14,16)/b9-8-/t11-,12+/m1/s1. The number of hydrogen-bond acceptors (Lipinski definition) is 2. The monoisotopic (exact) mass is 223 g/mol. The minimum absolute atomic E-state index is 0.0321. The number of hydrogen-bond donors (Lipinski definition) is 2. The number of aliphatic hydroxyl groups excluding tert-OH is 1. The van der Waals surface area contributed by atoms with Gasteiger partial charge in [0.1, 0.15) is 0 Å². The summed E-state index contributed by atoms with van der Waals surface area (Å²) in [4.78, 5) is 11.7. The van der Waals surface area contributed by atoms with Crippen molar-refractivity contribution in [2.45, 2.75) is 57.6 Å². The molecule has 3 heteroatoms. The minimum atomic E-state index is -0.354. The van der Waals surface area contributed by atoms with Gasteiger partial charge in [-0.05, 0) is 38.5 Å². The molecule has 0 spiro atoms. The van der Waals surface area contributed by atoms with Crippen LogP contribution in [0, 0.1) is 5.92 Å². The van der Waals surface area contributed by atoms with Crippen molar-refractivity contribution >= 4 is 5.91 Å². The highest BCUT2D eigenvalue weighted by molar-refractivity contribution is 5.88. The van der Waals surface area contributed by atoms with Crippen LogP contribution in [-0.4, -0.2) is 23.2 Å². The topological polar surface area (TPSA) is 49.3 Å². The summed E-state index contributed by atoms with van der Waals surface area (Å²) in [5.41, 5.74) is 1.18. The molecule has 2 saturated carbocycles. The van der Waals surface area contributed by atoms with Crippen LogP contribution < -0.4 is 5.32 Å². The third-order valence-electron chi connectivity index (χ3n) is 3.64. The van der Waals surface area contributed by atoms with E-state index in [1.54, 1.807) is 6.08 Å². The molecule has 90 valence electrons. The lowest BCUT2D eigenvalue weighted by Crippen LogP contribution is -2.44. The first-order chi connectivity index (χ1) is 7.66. The molecule has 0 aromatic carbocycles. The van der Waals surface area contributed by atoms with Crippen molar-refractivity contribution < 1.29 is 9.90 Å². The van der Waals surface area contributed by atoms with Crippen molar-refractivity contribution in [2.75, 3.05) is 0 Å². The van der Waals surface area contributed by atoms with Gasteiger partial charge in [0.2, 0.25) is 5.91 Å². The van der Waals surface area contributed by atoms with Crippen molar-refractivity contribution in [2.24, 2.45) is 5.92 Å². The molecule has 2 aliphatic rings. The average molecular weight is 223 g/mol. The maximum atomic E-state index is 11.7. The minimum Gasteiger partial charge on any atom is -0.391 e. The largest absolute Gasteiger partial charge is 0.391 e. The molecular weight excluding hydrogens is 202 g/mol. The molecule has 16 heavy (non-hydrogen) atoms. The molecule has 0 radical (unpaired) electrons. The van der Waals surface area contributed by atoms with E-state index in [-0.39, 0.29) is 18.1 Å². The van der Waals surface area contributed by atoms with Gasteiger partial charge in [0.15, 0.2) is 0 Å². The highest BCUT2D eigenvalue weighted by Gasteiger charge is 2.26. The summed E-state index contributed by atoms with van der Waals surface area (Å²) in [6.45, 7) is 2.02. The Morgan fingerprint density at radius 1 is 1.25 bits per heavy atom. The van der Waals surface area contributed by atoms with Crippen LogP contribution in [0.3, 0.4) is 0 Å². The quantitative estimate of drug-likeness (QED) is 0.716. The van der Waals surface area contributed by atoms with E-state index in [1.165, 1.54) is 18.4 Å². The van der Waals surface area contributed by atoms with Crippen molar-refractivity contribution in [1.82, 2.24) is 5.32 Å². The molecule has 2 fully saturated rings. The molecule has 0 heterocycles. The fourth-order valence-electron chi connectivity index (χ4n) is 2.37. The zero-order chi connectivity index (χ0) is 11.5. The summed E-state index contributed by atoms with van der Waals surface area (Å²) in [5.74, 6) is 0.609. The van der Waals surface area contributed by atoms with Crippen molar-refractivity contribution in [3.63, 3.8) is 0 Å². The van der Waals surface area contributed by atoms with Crippen LogP contribution in [0.15, 0.2) is 11.6 Å². The highest BCUT2D eigenvalue weighted by atomic mass is 16.3. The molecule has 0 saturated heterocycles. The van der Waals surface area contributed by atoms with Gasteiger partial charge in [0, 0.05) is 6.08 Å². The van der Waals surface area contributed by atoms with E-state index in [1.807, 2.05) is 6.92 Å². The first-order valence-corrected chi connectivity index (χ1v) is 6.33. The zero-order valence-corrected chi connectivity index (χ0v) is 9.91. The van der Waals surface area contributed by atoms with Gasteiger partial charge in [-0.2, -0.15) is 0 Å². The number of aliphatic hydroxyl groups is 1. The van der Waals surface area contributed by atoms with Crippen molar-refractivity contribution in [3.05, 3.63) is 11.6 Å². The van der Waals surface area contributed by atoms with Crippen LogP contribution >= 0.6 is 0 Å². The van der Waals surface area contributed by atoms with Crippen LogP contribution in [0.5, 0.6) is 0 Å². The van der Waals surface area contributed by atoms with Gasteiger partial charge < -0.3 is 10.4 Å². The van der Waals surface area contributed by atoms with Gasteiger partial charge >= 0.3 is 0 Å². The number of amides is 1. The summed E-state index contributed by atoms with van der Waals surface area (Å²) >= 11 is 0. The average Bonchev–Trinajstić information content (AvgIpc) is 3.04. The van der Waals surface area contributed by atoms with E-state index in [2.05, 4.69) is 5.32 Å². The highest BCUT2D eigenvalue weighted by Crippen LogP contribution is 2.35. The molecule has 2 atom stereocenters. The normalized spacial score (nSPS) is 31.2. The zero-order valence-electron chi connectivity index (χ0n) is 9.91. The van der Waals surface area contributed by atoms with Crippen molar-refractivity contribution in [1.29, 1.82) is 0 Å². The molecule has 2 rings (SSSR count). The first-order valence-electron chi connectivity index (χ1n) is 6.33. The van der Waals surface area contributed by atoms with Crippen LogP contribution in [0.1, 0.15) is 45.4 Å². The summed E-state index contributed by atoms with van der Waals surface area (Å²) < 4.78 is 0. The van der Waals surface area contributed by atoms with E-state index >= 15 is 0 Å². The maximum absolute atomic E-state index is 11.7. The second-order valence-corrected chi connectivity index (χ2v) is 5.13. The lowest BCUT2D eigenvalue weighted by atomic mass is 9.92. The molecule has 0 aromatic heterocycles. The van der Waals surface area contributed by atoms with Gasteiger partial charge in [-0.15, -0.1) is 0 Å². The molecule has 0 aromatic rings. The van der Waals surface area contributed by atoms with Gasteiger partial charge in [-0.25, -0.2) is 0 Å². The molecule has 2 N–H and O–H groups in total. The lowest BCUT2D eigenvalue weighted by molar-refractivity contribution is -0.118. The number of nitrogens with one attached hydrogen (secondary N) is 1. The Kier molecular flexibility index (Phi) is 3.64. The Labute approximate surface area is 96.9 Å². The summed E-state index contributed by atoms with van der Waals surface area (Å²) in [6, 6.07) is -0.0375. The van der Waals surface area contributed by atoms with Crippen LogP contribution in [-0.2, 0) is 4.79 Å². The Hall–Kier alpha value is -0.830. The fourth-order valence-corrected chi connectivity index (χ4v) is 2.37. The van der Waals surface area contributed by atoms with E-state index in [0.717, 1.165) is 25.7 Å². The number of rotatable bonds is 3. The number of allylic oxidation sites excluding steroid dienone is 1. The third kappa shape index (κ3) is 3.08. The Bertz CT molecular complexity index is 294. The molecule has 0 aliphatic heterocycles. The number of carbonyl (C=O) groups is 1. The lowest BCUT2D eigenvalue weighted by Gasteiger charge is -2.27. The second-order valence-electron chi connectivity index (χ2n) is 5.13. The molecule has 3 nitrogen and oxygen atoms in total. The third-order valence-corrected chi connectivity index (χ3v) is 3.64. The second kappa shape index (κ2) is 5.00. The maximum Gasteiger partial charge on any atom is 0.244 e. The van der Waals surface area contributed by atoms with Gasteiger partial charge in [-0.1, -0.05) is 18.4 Å². The summed E-state index contributed by atoms with van der Waals surface area (Å²) in [7, 11) is 0. The number of carbonyl (C=O) groups excluding carboxylic acids is 1. The molecule has 1 amide bonds. The van der Waals surface area contributed by atoms with E-state index in [4.69, 9.17) is 0 Å². The SMILES string of the molecule is C/C(=C/C(=O)N[C@@H]1CCCC[C@@H]1O)C1CC1. The van der Waals surface area contributed by atoms with Gasteiger partial charge in [0.05, 0.1) is 12.1 Å². The molecule has 0 bridgehead atoms.